The molecule has 0 fully saturated rings. The van der Waals surface area contributed by atoms with Gasteiger partial charge in [-0.05, 0) is 66.4 Å². The number of carbonyl (C=O) groups is 1. The number of nitrogens with zero attached hydrogens (tertiary/aromatic N) is 1. The second-order valence-corrected chi connectivity index (χ2v) is 11.5. The molecule has 2 heterocycles. The van der Waals surface area contributed by atoms with E-state index in [2.05, 4.69) is 20.9 Å². The molecule has 1 atom stereocenters. The van der Waals surface area contributed by atoms with Crippen LogP contribution in [-0.4, -0.2) is 27.2 Å². The average Bonchev–Trinajstić information content (AvgIpc) is 3.39. The third kappa shape index (κ3) is 5.28. The molecule has 1 unspecified atom stereocenters. The number of halogens is 3. The van der Waals surface area contributed by atoms with E-state index >= 15 is 0 Å². The van der Waals surface area contributed by atoms with Crippen molar-refractivity contribution in [1.82, 2.24) is 9.55 Å². The Morgan fingerprint density at radius 3 is 2.50 bits per heavy atom. The van der Waals surface area contributed by atoms with Crippen LogP contribution in [0, 0.1) is 11.6 Å². The van der Waals surface area contributed by atoms with Gasteiger partial charge in [-0.1, -0.05) is 64.5 Å². The van der Waals surface area contributed by atoms with Crippen LogP contribution in [0.4, 0.5) is 8.78 Å². The predicted molar refractivity (Wildman–Crippen MR) is 169 cm³/mol. The Morgan fingerprint density at radius 2 is 1.70 bits per heavy atom. The van der Waals surface area contributed by atoms with Gasteiger partial charge in [-0.2, -0.15) is 0 Å². The zero-order valence-electron chi connectivity index (χ0n) is 23.6. The fourth-order valence-electron chi connectivity index (χ4n) is 5.82. The first kappa shape index (κ1) is 29.3. The summed E-state index contributed by atoms with van der Waals surface area (Å²) in [4.78, 5) is 30.0. The van der Waals surface area contributed by atoms with Crippen LogP contribution in [0.1, 0.15) is 45.1 Å². The van der Waals surface area contributed by atoms with Crippen LogP contribution in [0.3, 0.4) is 0 Å². The highest BCUT2D eigenvalue weighted by Gasteiger charge is 2.30. The molecule has 6 nitrogen and oxygen atoms in total. The number of fused-ring (bicyclic) bond motifs is 2. The molecule has 0 amide bonds. The van der Waals surface area contributed by atoms with Crippen LogP contribution in [0.15, 0.2) is 100 Å². The molecule has 44 heavy (non-hydrogen) atoms. The number of hydrogen-bond donors (Lipinski definition) is 2. The predicted octanol–water partition coefficient (Wildman–Crippen LogP) is 7.74. The van der Waals surface area contributed by atoms with Crippen LogP contribution in [0.5, 0.6) is 5.75 Å². The number of aromatic amines is 1. The molecule has 0 aliphatic rings. The summed E-state index contributed by atoms with van der Waals surface area (Å²) in [6.07, 6.45) is 0.794. The Bertz CT molecular complexity index is 2100. The van der Waals surface area contributed by atoms with E-state index in [-0.39, 0.29) is 23.5 Å². The van der Waals surface area contributed by atoms with Crippen molar-refractivity contribution in [3.63, 3.8) is 0 Å². The standard InChI is InChI=1S/C35H27BrF2N2O4/c1-40-28-17-5-3-12-24(28)33(41)30(34(40)42)29(20-9-6-10-21(36)19-20)32-23(22-11-2-4-16-27(22)39-32)14-8-18-44-35(43)25-13-7-15-26(37)31(25)38/h2-7,9-13,15-17,19,29,39,41H,8,14,18H2,1H3. The second-order valence-electron chi connectivity index (χ2n) is 10.5. The molecule has 6 rings (SSSR count). The molecule has 9 heteroatoms. The lowest BCUT2D eigenvalue weighted by Crippen LogP contribution is -2.25. The number of aryl methyl sites for hydroxylation is 2. The Balaban J connectivity index is 1.44. The third-order valence-corrected chi connectivity index (χ3v) is 8.39. The van der Waals surface area contributed by atoms with Crippen molar-refractivity contribution >= 4 is 43.7 Å². The summed E-state index contributed by atoms with van der Waals surface area (Å²) in [5.74, 6) is -4.08. The van der Waals surface area contributed by atoms with E-state index in [1.54, 1.807) is 23.7 Å². The smallest absolute Gasteiger partial charge is 0.341 e. The number of pyridine rings is 1. The normalized spacial score (nSPS) is 12.1. The highest BCUT2D eigenvalue weighted by Crippen LogP contribution is 2.41. The number of nitrogens with one attached hydrogen (secondary N) is 1. The molecule has 0 aliphatic carbocycles. The number of esters is 1. The molecule has 6 aromatic rings. The molecule has 4 aromatic carbocycles. The quantitative estimate of drug-likeness (QED) is 0.130. The number of rotatable bonds is 8. The molecule has 0 bridgehead atoms. The summed E-state index contributed by atoms with van der Waals surface area (Å²) in [6, 6.07) is 25.9. The Labute approximate surface area is 259 Å². The fraction of sp³-hybridized carbons (Fsp3) is 0.143. The second kappa shape index (κ2) is 12.1. The minimum absolute atomic E-state index is 0.0434. The number of aromatic nitrogens is 2. The zero-order chi connectivity index (χ0) is 31.0. The van der Waals surface area contributed by atoms with Gasteiger partial charge in [0.2, 0.25) is 0 Å². The first-order valence-electron chi connectivity index (χ1n) is 14.0. The lowest BCUT2D eigenvalue weighted by molar-refractivity contribution is 0.0494. The minimum atomic E-state index is -1.25. The highest BCUT2D eigenvalue weighted by atomic mass is 79.9. The number of ether oxygens (including phenoxy) is 1. The van der Waals surface area contributed by atoms with Crippen molar-refractivity contribution in [1.29, 1.82) is 0 Å². The van der Waals surface area contributed by atoms with E-state index in [1.165, 1.54) is 12.1 Å². The molecule has 0 aliphatic heterocycles. The first-order chi connectivity index (χ1) is 21.3. The first-order valence-corrected chi connectivity index (χ1v) is 14.8. The number of carbonyl (C=O) groups excluding carboxylic acids is 1. The molecule has 2 N–H and O–H groups in total. The van der Waals surface area contributed by atoms with E-state index in [4.69, 9.17) is 4.74 Å². The van der Waals surface area contributed by atoms with E-state index in [0.29, 0.717) is 23.7 Å². The lowest BCUT2D eigenvalue weighted by Gasteiger charge is -2.22. The summed E-state index contributed by atoms with van der Waals surface area (Å²) >= 11 is 3.56. The van der Waals surface area contributed by atoms with Gasteiger partial charge in [-0.3, -0.25) is 4.79 Å². The zero-order valence-corrected chi connectivity index (χ0v) is 25.2. The van der Waals surface area contributed by atoms with Gasteiger partial charge in [0.05, 0.1) is 29.2 Å². The largest absolute Gasteiger partial charge is 0.507 e. The van der Waals surface area contributed by atoms with Crippen LogP contribution in [0.25, 0.3) is 21.8 Å². The number of para-hydroxylation sites is 2. The van der Waals surface area contributed by atoms with Gasteiger partial charge in [0, 0.05) is 33.5 Å². The maximum absolute atomic E-state index is 14.1. The molecule has 0 radical (unpaired) electrons. The van der Waals surface area contributed by atoms with Crippen LogP contribution in [-0.2, 0) is 18.2 Å². The topological polar surface area (TPSA) is 84.3 Å². The van der Waals surface area contributed by atoms with E-state index in [1.807, 2.05) is 60.7 Å². The maximum atomic E-state index is 14.1. The van der Waals surface area contributed by atoms with Gasteiger partial charge in [-0.15, -0.1) is 0 Å². The van der Waals surface area contributed by atoms with Gasteiger partial charge in [0.1, 0.15) is 5.75 Å². The summed E-state index contributed by atoms with van der Waals surface area (Å²) in [5.41, 5.74) is 3.26. The van der Waals surface area contributed by atoms with Crippen molar-refractivity contribution in [2.75, 3.05) is 6.61 Å². The van der Waals surface area contributed by atoms with Crippen molar-refractivity contribution < 1.29 is 23.4 Å². The molecular formula is C35H27BrF2N2O4. The van der Waals surface area contributed by atoms with Crippen molar-refractivity contribution in [3.8, 4) is 5.75 Å². The van der Waals surface area contributed by atoms with Gasteiger partial charge in [0.15, 0.2) is 11.6 Å². The number of H-pyrrole nitrogens is 1. The van der Waals surface area contributed by atoms with Gasteiger partial charge in [0.25, 0.3) is 5.56 Å². The van der Waals surface area contributed by atoms with Crippen LogP contribution >= 0.6 is 15.9 Å². The van der Waals surface area contributed by atoms with Crippen molar-refractivity contribution in [2.24, 2.45) is 7.05 Å². The SMILES string of the molecule is Cn1c(=O)c(C(c2cccc(Br)c2)c2[nH]c3ccccc3c2CCCOC(=O)c2cccc(F)c2F)c(O)c2ccccc21. The Kier molecular flexibility index (Phi) is 8.05. The Hall–Kier alpha value is -4.76. The van der Waals surface area contributed by atoms with Crippen molar-refractivity contribution in [3.05, 3.63) is 145 Å². The van der Waals surface area contributed by atoms with Crippen molar-refractivity contribution in [2.45, 2.75) is 18.8 Å². The maximum Gasteiger partial charge on any atom is 0.341 e. The number of aromatic hydroxyl groups is 1. The van der Waals surface area contributed by atoms with Gasteiger partial charge >= 0.3 is 5.97 Å². The summed E-state index contributed by atoms with van der Waals surface area (Å²) < 4.78 is 35.4. The molecule has 0 spiro atoms. The number of hydrogen-bond acceptors (Lipinski definition) is 4. The van der Waals surface area contributed by atoms with Crippen LogP contribution < -0.4 is 5.56 Å². The molecule has 0 saturated heterocycles. The third-order valence-electron chi connectivity index (χ3n) is 7.89. The molecular weight excluding hydrogens is 630 g/mol. The number of benzene rings is 4. The minimum Gasteiger partial charge on any atom is -0.507 e. The van der Waals surface area contributed by atoms with E-state index in [0.717, 1.165) is 38.3 Å². The molecule has 0 saturated carbocycles. The summed E-state index contributed by atoms with van der Waals surface area (Å²) in [6.45, 7) is -0.0434. The van der Waals surface area contributed by atoms with Gasteiger partial charge in [-0.25, -0.2) is 13.6 Å². The Morgan fingerprint density at radius 1 is 0.977 bits per heavy atom. The monoisotopic (exact) mass is 656 g/mol. The van der Waals surface area contributed by atoms with E-state index in [9.17, 15) is 23.5 Å². The summed E-state index contributed by atoms with van der Waals surface area (Å²) in [7, 11) is 1.69. The average molecular weight is 658 g/mol. The fourth-order valence-corrected chi connectivity index (χ4v) is 6.23. The van der Waals surface area contributed by atoms with E-state index < -0.39 is 29.1 Å². The van der Waals surface area contributed by atoms with Gasteiger partial charge < -0.3 is 19.4 Å². The molecule has 2 aromatic heterocycles. The van der Waals surface area contributed by atoms with Crippen LogP contribution in [0.2, 0.25) is 0 Å². The summed E-state index contributed by atoms with van der Waals surface area (Å²) in [5, 5.41) is 13.1. The lowest BCUT2D eigenvalue weighted by atomic mass is 9.85. The molecule has 222 valence electrons. The highest BCUT2D eigenvalue weighted by molar-refractivity contribution is 9.10.